The fourth-order valence-corrected chi connectivity index (χ4v) is 2.94. The van der Waals surface area contributed by atoms with Gasteiger partial charge in [0.2, 0.25) is 0 Å². The van der Waals surface area contributed by atoms with Crippen LogP contribution in [-0.4, -0.2) is 11.5 Å². The molecule has 0 N–H and O–H groups in total. The zero-order valence-electron chi connectivity index (χ0n) is 9.54. The first-order chi connectivity index (χ1) is 7.56. The topological polar surface area (TPSA) is 9.23 Å². The standard InChI is InChI=1S/C13H16BrClO/c1-3-13(2)11(15)8-12(13)16-10-6-4-5-9(14)7-10/h4-7,11-12H,3,8H2,1-2H3. The van der Waals surface area contributed by atoms with Gasteiger partial charge in [-0.1, -0.05) is 35.8 Å². The fourth-order valence-electron chi connectivity index (χ4n) is 2.10. The second-order valence-corrected chi connectivity index (χ2v) is 6.07. The van der Waals surface area contributed by atoms with Crippen molar-refractivity contribution in [1.82, 2.24) is 0 Å². The van der Waals surface area contributed by atoms with E-state index in [1.54, 1.807) is 0 Å². The molecule has 3 unspecified atom stereocenters. The molecule has 1 aliphatic rings. The van der Waals surface area contributed by atoms with Gasteiger partial charge < -0.3 is 4.74 Å². The number of rotatable bonds is 3. The molecule has 0 amide bonds. The zero-order chi connectivity index (χ0) is 11.8. The van der Waals surface area contributed by atoms with E-state index in [-0.39, 0.29) is 16.9 Å². The van der Waals surface area contributed by atoms with Crippen LogP contribution in [0.5, 0.6) is 5.75 Å². The molecule has 0 aliphatic heterocycles. The summed E-state index contributed by atoms with van der Waals surface area (Å²) in [6.07, 6.45) is 2.24. The molecule has 0 saturated heterocycles. The van der Waals surface area contributed by atoms with Crippen LogP contribution >= 0.6 is 27.5 Å². The molecular weight excluding hydrogens is 287 g/mol. The summed E-state index contributed by atoms with van der Waals surface area (Å²) in [6.45, 7) is 4.38. The Balaban J connectivity index is 2.06. The molecule has 1 nitrogen and oxygen atoms in total. The molecule has 0 heterocycles. The third kappa shape index (κ3) is 2.10. The smallest absolute Gasteiger partial charge is 0.120 e. The predicted octanol–water partition coefficient (Wildman–Crippen LogP) is 4.62. The second-order valence-electron chi connectivity index (χ2n) is 4.63. The summed E-state index contributed by atoms with van der Waals surface area (Å²) in [5, 5.41) is 0.245. The molecule has 1 aromatic carbocycles. The highest BCUT2D eigenvalue weighted by atomic mass is 79.9. The Morgan fingerprint density at radius 3 is 2.88 bits per heavy atom. The number of halogens is 2. The summed E-state index contributed by atoms with van der Waals surface area (Å²) in [4.78, 5) is 0. The average molecular weight is 304 g/mol. The Labute approximate surface area is 110 Å². The van der Waals surface area contributed by atoms with Crippen LogP contribution in [0.3, 0.4) is 0 Å². The highest BCUT2D eigenvalue weighted by Gasteiger charge is 2.51. The minimum atomic E-state index is 0.115. The van der Waals surface area contributed by atoms with Gasteiger partial charge in [-0.15, -0.1) is 11.6 Å². The van der Waals surface area contributed by atoms with Crippen molar-refractivity contribution < 1.29 is 4.74 Å². The number of hydrogen-bond donors (Lipinski definition) is 0. The Morgan fingerprint density at radius 1 is 1.56 bits per heavy atom. The molecule has 16 heavy (non-hydrogen) atoms. The molecule has 88 valence electrons. The molecule has 0 aromatic heterocycles. The highest BCUT2D eigenvalue weighted by Crippen LogP contribution is 2.49. The van der Waals surface area contributed by atoms with Gasteiger partial charge in [0.05, 0.1) is 0 Å². The average Bonchev–Trinajstić information content (AvgIpc) is 2.27. The molecular formula is C13H16BrClO. The summed E-state index contributed by atoms with van der Waals surface area (Å²) in [5.74, 6) is 0.919. The van der Waals surface area contributed by atoms with E-state index in [1.165, 1.54) is 0 Å². The molecule has 0 radical (unpaired) electrons. The molecule has 2 rings (SSSR count). The Bertz CT molecular complexity index is 382. The van der Waals surface area contributed by atoms with Crippen LogP contribution in [0.4, 0.5) is 0 Å². The molecule has 1 fully saturated rings. The molecule has 3 heteroatoms. The first-order valence-corrected chi connectivity index (χ1v) is 6.85. The van der Waals surface area contributed by atoms with Crippen molar-refractivity contribution in [1.29, 1.82) is 0 Å². The third-order valence-corrected chi connectivity index (χ3v) is 4.88. The minimum Gasteiger partial charge on any atom is -0.490 e. The number of alkyl halides is 1. The first-order valence-electron chi connectivity index (χ1n) is 5.62. The summed E-state index contributed by atoms with van der Waals surface area (Å²) in [7, 11) is 0. The van der Waals surface area contributed by atoms with E-state index in [0.717, 1.165) is 23.1 Å². The lowest BCUT2D eigenvalue weighted by molar-refractivity contribution is -0.0295. The predicted molar refractivity (Wildman–Crippen MR) is 71.2 cm³/mol. The van der Waals surface area contributed by atoms with Crippen molar-refractivity contribution >= 4 is 27.5 Å². The number of benzene rings is 1. The summed E-state index contributed by atoms with van der Waals surface area (Å²) >= 11 is 9.70. The van der Waals surface area contributed by atoms with E-state index in [9.17, 15) is 0 Å². The van der Waals surface area contributed by atoms with Gasteiger partial charge in [0.1, 0.15) is 11.9 Å². The third-order valence-electron chi connectivity index (χ3n) is 3.71. The Hall–Kier alpha value is -0.210. The van der Waals surface area contributed by atoms with Crippen LogP contribution < -0.4 is 4.74 Å². The molecule has 3 atom stereocenters. The van der Waals surface area contributed by atoms with Crippen LogP contribution in [0.1, 0.15) is 26.7 Å². The van der Waals surface area contributed by atoms with Crippen LogP contribution in [0.25, 0.3) is 0 Å². The molecule has 0 bridgehead atoms. The largest absolute Gasteiger partial charge is 0.490 e. The second kappa shape index (κ2) is 4.58. The van der Waals surface area contributed by atoms with Gasteiger partial charge in [-0.2, -0.15) is 0 Å². The van der Waals surface area contributed by atoms with Crippen molar-refractivity contribution in [3.05, 3.63) is 28.7 Å². The van der Waals surface area contributed by atoms with Gasteiger partial charge in [0.25, 0.3) is 0 Å². The van der Waals surface area contributed by atoms with Gasteiger partial charge in [0.15, 0.2) is 0 Å². The van der Waals surface area contributed by atoms with Crippen molar-refractivity contribution in [2.75, 3.05) is 0 Å². The zero-order valence-corrected chi connectivity index (χ0v) is 11.9. The molecule has 1 aliphatic carbocycles. The van der Waals surface area contributed by atoms with E-state index >= 15 is 0 Å². The van der Waals surface area contributed by atoms with Gasteiger partial charge in [0, 0.05) is 21.7 Å². The van der Waals surface area contributed by atoms with E-state index < -0.39 is 0 Å². The van der Waals surface area contributed by atoms with E-state index in [0.29, 0.717) is 0 Å². The van der Waals surface area contributed by atoms with E-state index in [2.05, 4.69) is 29.8 Å². The first kappa shape index (κ1) is 12.3. The van der Waals surface area contributed by atoms with Crippen molar-refractivity contribution in [3.63, 3.8) is 0 Å². The normalized spacial score (nSPS) is 33.2. The lowest BCUT2D eigenvalue weighted by atomic mass is 9.65. The monoisotopic (exact) mass is 302 g/mol. The Morgan fingerprint density at radius 2 is 2.31 bits per heavy atom. The van der Waals surface area contributed by atoms with E-state index in [1.807, 2.05) is 24.3 Å². The summed E-state index contributed by atoms with van der Waals surface area (Å²) in [6, 6.07) is 7.97. The van der Waals surface area contributed by atoms with Gasteiger partial charge >= 0.3 is 0 Å². The quantitative estimate of drug-likeness (QED) is 0.740. The van der Waals surface area contributed by atoms with Crippen LogP contribution in [0.2, 0.25) is 0 Å². The lowest BCUT2D eigenvalue weighted by Crippen LogP contribution is -2.55. The van der Waals surface area contributed by atoms with Crippen LogP contribution in [0, 0.1) is 5.41 Å². The SMILES string of the molecule is CCC1(C)C(Cl)CC1Oc1cccc(Br)c1. The maximum absolute atomic E-state index is 6.26. The molecule has 0 spiro atoms. The van der Waals surface area contributed by atoms with Gasteiger partial charge in [-0.3, -0.25) is 0 Å². The molecule has 1 aromatic rings. The maximum Gasteiger partial charge on any atom is 0.120 e. The number of hydrogen-bond acceptors (Lipinski definition) is 1. The summed E-state index contributed by atoms with van der Waals surface area (Å²) < 4.78 is 7.04. The van der Waals surface area contributed by atoms with Crippen molar-refractivity contribution in [3.8, 4) is 5.75 Å². The maximum atomic E-state index is 6.26. The Kier molecular flexibility index (Phi) is 3.50. The highest BCUT2D eigenvalue weighted by molar-refractivity contribution is 9.10. The van der Waals surface area contributed by atoms with Crippen LogP contribution in [-0.2, 0) is 0 Å². The lowest BCUT2D eigenvalue weighted by Gasteiger charge is -2.50. The van der Waals surface area contributed by atoms with Crippen molar-refractivity contribution in [2.24, 2.45) is 5.41 Å². The minimum absolute atomic E-state index is 0.115. The van der Waals surface area contributed by atoms with Crippen LogP contribution in [0.15, 0.2) is 28.7 Å². The molecule has 1 saturated carbocycles. The van der Waals surface area contributed by atoms with E-state index in [4.69, 9.17) is 16.3 Å². The van der Waals surface area contributed by atoms with Crippen molar-refractivity contribution in [2.45, 2.75) is 38.2 Å². The fraction of sp³-hybridized carbons (Fsp3) is 0.538. The van der Waals surface area contributed by atoms with Gasteiger partial charge in [-0.05, 0) is 24.6 Å². The number of ether oxygens (including phenoxy) is 1. The van der Waals surface area contributed by atoms with Gasteiger partial charge in [-0.25, -0.2) is 0 Å². The summed E-state index contributed by atoms with van der Waals surface area (Å²) in [5.41, 5.74) is 0.115.